The fourth-order valence-electron chi connectivity index (χ4n) is 16.5. The highest BCUT2D eigenvalue weighted by Gasteiger charge is 2.29. The van der Waals surface area contributed by atoms with Gasteiger partial charge in [0.25, 0.3) is 0 Å². The summed E-state index contributed by atoms with van der Waals surface area (Å²) < 4.78 is 33.7. The fraction of sp³-hybridized carbons (Fsp3) is 0.129. The van der Waals surface area contributed by atoms with Crippen molar-refractivity contribution in [2.75, 3.05) is 0 Å². The number of fused-ring (bicyclic) bond motifs is 12. The molecule has 0 aliphatic heterocycles. The molecule has 12 heteroatoms. The highest BCUT2D eigenvalue weighted by Crippen LogP contribution is 2.44. The van der Waals surface area contributed by atoms with Crippen molar-refractivity contribution in [3.8, 4) is 89.5 Å². The van der Waals surface area contributed by atoms with Crippen LogP contribution in [0.1, 0.15) is 50.1 Å². The van der Waals surface area contributed by atoms with Crippen molar-refractivity contribution >= 4 is 88.3 Å². The van der Waals surface area contributed by atoms with Crippen LogP contribution in [0.4, 0.5) is 0 Å². The molecule has 0 saturated carbocycles. The Morgan fingerprint density at radius 2 is 0.531 bits per heavy atom. The monoisotopic (exact) mass is 1470 g/mol. The zero-order valence-electron chi connectivity index (χ0n) is 65.8. The normalized spacial score (nSPS) is 11.4. The van der Waals surface area contributed by atoms with E-state index in [0.29, 0.717) is 22.9 Å². The van der Waals surface area contributed by atoms with E-state index < -0.39 is 0 Å². The predicted molar refractivity (Wildman–Crippen MR) is 457 cm³/mol. The summed E-state index contributed by atoms with van der Waals surface area (Å²) in [6.07, 6.45) is 15.9. The zero-order valence-corrected chi connectivity index (χ0v) is 65.8. The van der Waals surface area contributed by atoms with E-state index in [1.165, 1.54) is 94.6 Å². The SMILES string of the molecule is Cc1cc(-c2c(C)cc(C)c3c2oc2ncccc23)[n+](C)cc1-c1ccccc1.Cc1cc(-c2c(C)cc(C)c3c2oc2ncccc23)[n+](C)cc1-c1ccccc1.Cc1cc(-c2c(C)ccc3c2oc2ncccc23)[n+](C)cc1-c1ccccc1.Cc1ccc2c(oc3ncccc32)c1-c1ccc(-c2ccccc2)c[n+]1C. The minimum Gasteiger partial charge on any atom is -0.437 e. The van der Waals surface area contributed by atoms with E-state index in [1.807, 2.05) is 36.4 Å². The van der Waals surface area contributed by atoms with Crippen LogP contribution in [-0.4, -0.2) is 19.9 Å². The summed E-state index contributed by atoms with van der Waals surface area (Å²) in [5.74, 6) is 0. The molecule has 0 bridgehead atoms. The highest BCUT2D eigenvalue weighted by molar-refractivity contribution is 6.13. The quantitative estimate of drug-likeness (QED) is 0.138. The second-order valence-corrected chi connectivity index (χ2v) is 29.8. The smallest absolute Gasteiger partial charge is 0.227 e. The molecular formula is C101H86N8O4+4. The van der Waals surface area contributed by atoms with Gasteiger partial charge in [-0.25, -0.2) is 38.2 Å². The summed E-state index contributed by atoms with van der Waals surface area (Å²) >= 11 is 0. The van der Waals surface area contributed by atoms with Gasteiger partial charge in [-0.05, 0) is 189 Å². The maximum absolute atomic E-state index is 6.28. The lowest BCUT2D eigenvalue weighted by molar-refractivity contribution is -0.660. The molecule has 0 saturated heterocycles. The molecule has 550 valence electrons. The summed E-state index contributed by atoms with van der Waals surface area (Å²) in [5.41, 5.74) is 36.2. The van der Waals surface area contributed by atoms with Gasteiger partial charge in [0.05, 0.1) is 22.3 Å². The molecule has 0 fully saturated rings. The summed E-state index contributed by atoms with van der Waals surface area (Å²) in [5, 5.41) is 8.76. The second-order valence-electron chi connectivity index (χ2n) is 29.8. The van der Waals surface area contributed by atoms with E-state index in [1.54, 1.807) is 24.8 Å². The molecule has 0 aliphatic carbocycles. The van der Waals surface area contributed by atoms with E-state index in [0.717, 1.165) is 110 Å². The first-order valence-corrected chi connectivity index (χ1v) is 38.3. The number of pyridine rings is 8. The maximum atomic E-state index is 6.28. The topological polar surface area (TPSA) is 120 Å². The lowest BCUT2D eigenvalue weighted by atomic mass is 9.95. The molecule has 0 spiro atoms. The molecule has 12 nitrogen and oxygen atoms in total. The molecule has 0 unspecified atom stereocenters. The summed E-state index contributed by atoms with van der Waals surface area (Å²) in [6.45, 7) is 19.4. The van der Waals surface area contributed by atoms with E-state index in [2.05, 4.69) is 354 Å². The van der Waals surface area contributed by atoms with E-state index in [-0.39, 0.29) is 0 Å². The number of aromatic nitrogens is 8. The van der Waals surface area contributed by atoms with Gasteiger partial charge in [-0.2, -0.15) is 0 Å². The second kappa shape index (κ2) is 29.9. The molecular weight excluding hydrogens is 1390 g/mol. The number of benzene rings is 8. The Morgan fingerprint density at radius 3 is 0.894 bits per heavy atom. The zero-order chi connectivity index (χ0) is 77.9. The van der Waals surface area contributed by atoms with Crippen molar-refractivity contribution in [3.05, 3.63) is 336 Å². The van der Waals surface area contributed by atoms with Gasteiger partial charge in [-0.15, -0.1) is 0 Å². The number of hydrogen-bond acceptors (Lipinski definition) is 8. The number of aryl methyl sites for hydroxylation is 13. The molecule has 12 aromatic heterocycles. The van der Waals surface area contributed by atoms with E-state index >= 15 is 0 Å². The maximum Gasteiger partial charge on any atom is 0.227 e. The number of nitrogens with zero attached hydrogens (tertiary/aromatic N) is 8. The van der Waals surface area contributed by atoms with Crippen LogP contribution < -0.4 is 18.3 Å². The average molecular weight is 1480 g/mol. The van der Waals surface area contributed by atoms with Crippen LogP contribution in [0.25, 0.3) is 178 Å². The van der Waals surface area contributed by atoms with E-state index in [4.69, 9.17) is 17.7 Å². The van der Waals surface area contributed by atoms with Gasteiger partial charge in [0.1, 0.15) is 28.2 Å². The molecule has 20 rings (SSSR count). The molecule has 0 aliphatic rings. The van der Waals surface area contributed by atoms with Gasteiger partial charge in [-0.3, -0.25) is 0 Å². The molecule has 20 aromatic rings. The third-order valence-electron chi connectivity index (χ3n) is 22.0. The summed E-state index contributed by atoms with van der Waals surface area (Å²) in [7, 11) is 8.39. The molecule has 0 atom stereocenters. The van der Waals surface area contributed by atoms with Crippen molar-refractivity contribution in [3.63, 3.8) is 0 Å². The van der Waals surface area contributed by atoms with Crippen molar-refractivity contribution in [1.29, 1.82) is 0 Å². The Labute approximate surface area is 656 Å². The van der Waals surface area contributed by atoms with Gasteiger partial charge in [-0.1, -0.05) is 158 Å². The molecule has 113 heavy (non-hydrogen) atoms. The van der Waals surface area contributed by atoms with E-state index in [9.17, 15) is 0 Å². The lowest BCUT2D eigenvalue weighted by Gasteiger charge is -2.11. The van der Waals surface area contributed by atoms with Crippen LogP contribution in [0.3, 0.4) is 0 Å². The minimum atomic E-state index is 0.683. The molecule has 12 heterocycles. The van der Waals surface area contributed by atoms with Gasteiger partial charge in [0.15, 0.2) is 47.1 Å². The Kier molecular flexibility index (Phi) is 19.0. The van der Waals surface area contributed by atoms with Gasteiger partial charge in [0.2, 0.25) is 45.6 Å². The van der Waals surface area contributed by atoms with Gasteiger partial charge in [0, 0.05) is 114 Å². The van der Waals surface area contributed by atoms with Crippen molar-refractivity contribution in [2.24, 2.45) is 28.2 Å². The summed E-state index contributed by atoms with van der Waals surface area (Å²) in [4.78, 5) is 17.7. The van der Waals surface area contributed by atoms with Crippen LogP contribution in [0.15, 0.2) is 304 Å². The van der Waals surface area contributed by atoms with Gasteiger partial charge >= 0.3 is 0 Å². The predicted octanol–water partition coefficient (Wildman–Crippen LogP) is 23.3. The molecule has 0 N–H and O–H groups in total. The average Bonchev–Trinajstić information content (AvgIpc) is 1.66. The van der Waals surface area contributed by atoms with Crippen molar-refractivity contribution in [1.82, 2.24) is 19.9 Å². The van der Waals surface area contributed by atoms with Crippen LogP contribution in [-0.2, 0) is 28.2 Å². The lowest BCUT2D eigenvalue weighted by Crippen LogP contribution is -2.31. The fourth-order valence-corrected chi connectivity index (χ4v) is 16.5. The molecule has 0 radical (unpaired) electrons. The van der Waals surface area contributed by atoms with Crippen LogP contribution in [0, 0.1) is 62.3 Å². The number of rotatable bonds is 8. The van der Waals surface area contributed by atoms with Gasteiger partial charge < -0.3 is 17.7 Å². The first-order chi connectivity index (χ1) is 54.9. The number of furan rings is 4. The molecule has 8 aromatic carbocycles. The molecule has 0 amide bonds. The van der Waals surface area contributed by atoms with Crippen molar-refractivity contribution < 1.29 is 35.9 Å². The standard InChI is InChI=1S/2C26H23N2O.C25H21N2O.C24H19N2O/c2*1-16-14-22(28(4)15-21(16)19-9-6-5-7-10-19)24-18(3)13-17(2)23-20-11-8-12-27-26(20)29-25(23)24;1-16-11-12-19-20-10-7-13-26-25(20)28-24(19)23(16)22-14-17(2)21(15-27(22)3)18-8-5-4-6-9-18;1-16-10-12-19-20-9-6-14-25-24(20)27-23(19)22(16)21-13-11-18(15-26(21)2)17-7-4-3-5-8-17/h2*5-15H,1-4H3;4-15H,1-3H3;3-15H,1-2H3/q4*+1. The Hall–Kier alpha value is -13.8. The first kappa shape index (κ1) is 72.0. The Bertz CT molecular complexity index is 6860. The largest absolute Gasteiger partial charge is 0.437 e. The Morgan fingerprint density at radius 1 is 0.221 bits per heavy atom. The van der Waals surface area contributed by atoms with Crippen LogP contribution in [0.2, 0.25) is 0 Å². The first-order valence-electron chi connectivity index (χ1n) is 38.3. The van der Waals surface area contributed by atoms with Crippen LogP contribution in [0.5, 0.6) is 0 Å². The third-order valence-corrected chi connectivity index (χ3v) is 22.0. The minimum absolute atomic E-state index is 0.683. The third kappa shape index (κ3) is 13.3. The summed E-state index contributed by atoms with van der Waals surface area (Å²) in [6, 6.07) is 82.3. The number of hydrogen-bond donors (Lipinski definition) is 0. The van der Waals surface area contributed by atoms with Crippen molar-refractivity contribution in [2.45, 2.75) is 62.3 Å². The Balaban J connectivity index is 0.000000109. The highest BCUT2D eigenvalue weighted by atomic mass is 16.4. The van der Waals surface area contributed by atoms with Crippen LogP contribution >= 0.6 is 0 Å².